The molecular weight excluding hydrogens is 322 g/mol. The predicted octanol–water partition coefficient (Wildman–Crippen LogP) is 4.10. The number of fused-ring (bicyclic) bond motifs is 1. The smallest absolute Gasteiger partial charge is 0.223 e. The summed E-state index contributed by atoms with van der Waals surface area (Å²) in [6.45, 7) is 12.6. The summed E-state index contributed by atoms with van der Waals surface area (Å²) in [5.41, 5.74) is 4.17. The molecule has 1 aliphatic rings. The van der Waals surface area contributed by atoms with Gasteiger partial charge in [0.15, 0.2) is 0 Å². The van der Waals surface area contributed by atoms with Crippen LogP contribution >= 0.6 is 0 Å². The maximum Gasteiger partial charge on any atom is 0.223 e. The second-order valence-electron chi connectivity index (χ2n) is 7.69. The van der Waals surface area contributed by atoms with Gasteiger partial charge in [0.05, 0.1) is 0 Å². The summed E-state index contributed by atoms with van der Waals surface area (Å²) in [7, 11) is 0. The minimum Gasteiger partial charge on any atom is -0.353 e. The quantitative estimate of drug-likeness (QED) is 0.847. The molecule has 1 fully saturated rings. The number of amides is 1. The molecule has 0 unspecified atom stereocenters. The van der Waals surface area contributed by atoms with Gasteiger partial charge < -0.3 is 9.88 Å². The number of likely N-dealkylation sites (tertiary alicyclic amines) is 1. The van der Waals surface area contributed by atoms with Gasteiger partial charge >= 0.3 is 0 Å². The normalized spacial score (nSPS) is 17.5. The van der Waals surface area contributed by atoms with E-state index in [9.17, 15) is 4.79 Å². The Kier molecular flexibility index (Phi) is 6.02. The number of nitrogens with zero attached hydrogens (tertiary/aromatic N) is 2. The molecule has 0 spiro atoms. The molecule has 1 aliphatic heterocycles. The van der Waals surface area contributed by atoms with Gasteiger partial charge in [0.1, 0.15) is 0 Å². The largest absolute Gasteiger partial charge is 0.353 e. The molecule has 2 heterocycles. The van der Waals surface area contributed by atoms with E-state index in [1.807, 2.05) is 0 Å². The van der Waals surface area contributed by atoms with Crippen molar-refractivity contribution in [2.75, 3.05) is 13.1 Å². The zero-order valence-electron chi connectivity index (χ0n) is 16.7. The molecule has 4 heteroatoms. The summed E-state index contributed by atoms with van der Waals surface area (Å²) in [5.74, 6) is 0.427. The topological polar surface area (TPSA) is 37.3 Å². The number of hydrogen-bond acceptors (Lipinski definition) is 2. The van der Waals surface area contributed by atoms with E-state index in [0.29, 0.717) is 0 Å². The summed E-state index contributed by atoms with van der Waals surface area (Å²) in [5, 5.41) is 4.53. The number of aromatic nitrogens is 1. The Morgan fingerprint density at radius 3 is 2.58 bits per heavy atom. The van der Waals surface area contributed by atoms with Gasteiger partial charge in [-0.15, -0.1) is 0 Å². The molecule has 0 bridgehead atoms. The molecule has 1 aromatic carbocycles. The fraction of sp³-hybridized carbons (Fsp3) is 0.591. The van der Waals surface area contributed by atoms with Crippen LogP contribution in [0.4, 0.5) is 0 Å². The molecule has 1 amide bonds. The maximum atomic E-state index is 12.4. The molecule has 2 aromatic rings. The third kappa shape index (κ3) is 3.80. The zero-order valence-corrected chi connectivity index (χ0v) is 16.7. The van der Waals surface area contributed by atoms with Gasteiger partial charge in [0.25, 0.3) is 0 Å². The minimum absolute atomic E-state index is 0.179. The van der Waals surface area contributed by atoms with Crippen molar-refractivity contribution in [3.05, 3.63) is 35.5 Å². The van der Waals surface area contributed by atoms with Gasteiger partial charge in [-0.3, -0.25) is 9.69 Å². The number of carbonyl (C=O) groups excluding carboxylic acids is 1. The van der Waals surface area contributed by atoms with Crippen LogP contribution in [-0.2, 0) is 17.9 Å². The average molecular weight is 356 g/mol. The highest BCUT2D eigenvalue weighted by atomic mass is 16.1. The van der Waals surface area contributed by atoms with Crippen molar-refractivity contribution >= 4 is 16.8 Å². The second kappa shape index (κ2) is 8.26. The molecule has 0 aliphatic carbocycles. The Balaban J connectivity index is 1.66. The highest BCUT2D eigenvalue weighted by Gasteiger charge is 2.26. The number of carbonyl (C=O) groups is 1. The third-order valence-electron chi connectivity index (χ3n) is 6.02. The van der Waals surface area contributed by atoms with Crippen LogP contribution in [0.1, 0.15) is 51.3 Å². The van der Waals surface area contributed by atoms with E-state index >= 15 is 0 Å². The molecule has 0 radical (unpaired) electrons. The van der Waals surface area contributed by atoms with Crippen molar-refractivity contribution in [2.24, 2.45) is 5.92 Å². The van der Waals surface area contributed by atoms with Crippen LogP contribution in [0, 0.1) is 12.8 Å². The SMILES string of the molecule is CC[C@H](C)NC(=O)C1CCN(Cc2c(C)n(CC)c3ccccc23)CC1. The number of piperidine rings is 1. The molecule has 1 atom stereocenters. The molecule has 1 aromatic heterocycles. The third-order valence-corrected chi connectivity index (χ3v) is 6.02. The second-order valence-corrected chi connectivity index (χ2v) is 7.69. The van der Waals surface area contributed by atoms with Gasteiger partial charge in [-0.1, -0.05) is 25.1 Å². The minimum atomic E-state index is 0.179. The van der Waals surface area contributed by atoms with E-state index in [1.165, 1.54) is 22.2 Å². The molecule has 3 rings (SSSR count). The molecule has 26 heavy (non-hydrogen) atoms. The van der Waals surface area contributed by atoms with Crippen LogP contribution in [0.3, 0.4) is 0 Å². The summed E-state index contributed by atoms with van der Waals surface area (Å²) < 4.78 is 2.41. The van der Waals surface area contributed by atoms with Crippen molar-refractivity contribution in [1.82, 2.24) is 14.8 Å². The van der Waals surface area contributed by atoms with Crippen LogP contribution < -0.4 is 5.32 Å². The van der Waals surface area contributed by atoms with Crippen LogP contribution in [0.5, 0.6) is 0 Å². The molecule has 1 N–H and O–H groups in total. The zero-order chi connectivity index (χ0) is 18.7. The number of aryl methyl sites for hydroxylation is 1. The Morgan fingerprint density at radius 1 is 1.23 bits per heavy atom. The van der Waals surface area contributed by atoms with Crippen molar-refractivity contribution < 1.29 is 4.79 Å². The molecule has 0 saturated carbocycles. The van der Waals surface area contributed by atoms with Gasteiger partial charge in [0.2, 0.25) is 5.91 Å². The predicted molar refractivity (Wildman–Crippen MR) is 108 cm³/mol. The van der Waals surface area contributed by atoms with E-state index in [1.54, 1.807) is 0 Å². The number of hydrogen-bond donors (Lipinski definition) is 1. The van der Waals surface area contributed by atoms with Gasteiger partial charge in [0, 0.05) is 41.6 Å². The summed E-state index contributed by atoms with van der Waals surface area (Å²) in [4.78, 5) is 14.9. The number of rotatable bonds is 6. The first kappa shape index (κ1) is 19.0. The summed E-state index contributed by atoms with van der Waals surface area (Å²) in [6, 6.07) is 9.01. The molecule has 142 valence electrons. The average Bonchev–Trinajstić information content (AvgIpc) is 2.93. The standard InChI is InChI=1S/C22H33N3O/c1-5-16(3)23-22(26)18-11-13-24(14-12-18)15-20-17(4)25(6-2)21-10-8-7-9-19(20)21/h7-10,16,18H,5-6,11-15H2,1-4H3,(H,23,26)/t16-/m0/s1. The van der Waals surface area contributed by atoms with Crippen molar-refractivity contribution in [3.8, 4) is 0 Å². The number of benzene rings is 1. The van der Waals surface area contributed by atoms with E-state index in [4.69, 9.17) is 0 Å². The summed E-state index contributed by atoms with van der Waals surface area (Å²) in [6.07, 6.45) is 2.92. The Morgan fingerprint density at radius 2 is 1.92 bits per heavy atom. The van der Waals surface area contributed by atoms with Gasteiger partial charge in [-0.05, 0) is 64.8 Å². The van der Waals surface area contributed by atoms with Crippen LogP contribution in [0.2, 0.25) is 0 Å². The maximum absolute atomic E-state index is 12.4. The Hall–Kier alpha value is -1.81. The van der Waals surface area contributed by atoms with Crippen LogP contribution in [0.15, 0.2) is 24.3 Å². The van der Waals surface area contributed by atoms with E-state index in [2.05, 4.69) is 66.7 Å². The molecular formula is C22H33N3O. The van der Waals surface area contributed by atoms with Crippen LogP contribution in [-0.4, -0.2) is 34.5 Å². The first-order valence-corrected chi connectivity index (χ1v) is 10.1. The van der Waals surface area contributed by atoms with E-state index < -0.39 is 0 Å². The first-order chi connectivity index (χ1) is 12.5. The van der Waals surface area contributed by atoms with Crippen molar-refractivity contribution in [1.29, 1.82) is 0 Å². The Labute approximate surface area is 157 Å². The lowest BCUT2D eigenvalue weighted by Gasteiger charge is -2.32. The molecule has 4 nitrogen and oxygen atoms in total. The van der Waals surface area contributed by atoms with Crippen molar-refractivity contribution in [3.63, 3.8) is 0 Å². The van der Waals surface area contributed by atoms with Gasteiger partial charge in [-0.25, -0.2) is 0 Å². The lowest BCUT2D eigenvalue weighted by molar-refractivity contribution is -0.127. The lowest BCUT2D eigenvalue weighted by atomic mass is 9.95. The van der Waals surface area contributed by atoms with Crippen molar-refractivity contribution in [2.45, 2.75) is 66.1 Å². The number of para-hydroxylation sites is 1. The molecule has 1 saturated heterocycles. The van der Waals surface area contributed by atoms with E-state index in [0.717, 1.165) is 45.4 Å². The Bertz CT molecular complexity index is 756. The van der Waals surface area contributed by atoms with Crippen LogP contribution in [0.25, 0.3) is 10.9 Å². The first-order valence-electron chi connectivity index (χ1n) is 10.1. The fourth-order valence-electron chi connectivity index (χ4n) is 4.15. The lowest BCUT2D eigenvalue weighted by Crippen LogP contribution is -2.42. The summed E-state index contributed by atoms with van der Waals surface area (Å²) >= 11 is 0. The van der Waals surface area contributed by atoms with Gasteiger partial charge in [-0.2, -0.15) is 0 Å². The fourth-order valence-corrected chi connectivity index (χ4v) is 4.15. The monoisotopic (exact) mass is 355 g/mol. The number of nitrogens with one attached hydrogen (secondary N) is 1. The van der Waals surface area contributed by atoms with E-state index in [-0.39, 0.29) is 17.9 Å². The highest BCUT2D eigenvalue weighted by Crippen LogP contribution is 2.28. The highest BCUT2D eigenvalue weighted by molar-refractivity contribution is 5.85.